The first-order chi connectivity index (χ1) is 9.83. The Bertz CT molecular complexity index is 724. The van der Waals surface area contributed by atoms with Gasteiger partial charge >= 0.3 is 11.9 Å². The molecule has 0 saturated carbocycles. The number of carbonyl (C=O) groups is 3. The van der Waals surface area contributed by atoms with Crippen molar-refractivity contribution in [2.45, 2.75) is 25.7 Å². The van der Waals surface area contributed by atoms with Crippen LogP contribution in [0.3, 0.4) is 0 Å². The maximum Gasteiger partial charge on any atom is 0.338 e. The summed E-state index contributed by atoms with van der Waals surface area (Å²) < 4.78 is 5.14. The molecule has 0 amide bonds. The molecule has 1 heterocycles. The molecular weight excluding hydrogens is 272 g/mol. The highest BCUT2D eigenvalue weighted by molar-refractivity contribution is 6.22. The maximum absolute atomic E-state index is 12.3. The molecule has 1 aromatic carbocycles. The summed E-state index contributed by atoms with van der Waals surface area (Å²) in [7, 11) is 0. The standard InChI is InChI=1S/C16H14O5/c1-16(2)7-21-15(20)10-4-3-8-9(14(18)19)5-6-11(17)12(8)13(10)16/h3-5H,6-7H2,1-2H3,(H,18,19). The molecule has 5 heteroatoms. The summed E-state index contributed by atoms with van der Waals surface area (Å²) in [5, 5.41) is 9.29. The van der Waals surface area contributed by atoms with Crippen molar-refractivity contribution in [3.05, 3.63) is 40.5 Å². The quantitative estimate of drug-likeness (QED) is 0.800. The number of esters is 1. The van der Waals surface area contributed by atoms with Crippen molar-refractivity contribution >= 4 is 23.3 Å². The highest BCUT2D eigenvalue weighted by atomic mass is 16.5. The van der Waals surface area contributed by atoms with Gasteiger partial charge in [0.05, 0.1) is 11.1 Å². The van der Waals surface area contributed by atoms with Crippen molar-refractivity contribution < 1.29 is 24.2 Å². The number of rotatable bonds is 1. The van der Waals surface area contributed by atoms with Gasteiger partial charge in [-0.1, -0.05) is 26.0 Å². The van der Waals surface area contributed by atoms with Crippen molar-refractivity contribution in [1.82, 2.24) is 0 Å². The molecule has 0 aromatic heterocycles. The van der Waals surface area contributed by atoms with Crippen LogP contribution < -0.4 is 0 Å². The number of aliphatic carboxylic acids is 1. The first-order valence-electron chi connectivity index (χ1n) is 6.64. The third kappa shape index (κ3) is 1.88. The summed E-state index contributed by atoms with van der Waals surface area (Å²) >= 11 is 0. The summed E-state index contributed by atoms with van der Waals surface area (Å²) in [5.41, 5.74) is 1.29. The smallest absolute Gasteiger partial charge is 0.338 e. The van der Waals surface area contributed by atoms with Crippen LogP contribution >= 0.6 is 0 Å². The number of allylic oxidation sites excluding steroid dienone is 1. The van der Waals surface area contributed by atoms with E-state index >= 15 is 0 Å². The summed E-state index contributed by atoms with van der Waals surface area (Å²) in [6.07, 6.45) is 1.46. The average Bonchev–Trinajstić information content (AvgIpc) is 2.42. The summed E-state index contributed by atoms with van der Waals surface area (Å²) in [5.74, 6) is -1.69. The molecule has 5 nitrogen and oxygen atoms in total. The predicted molar refractivity (Wildman–Crippen MR) is 74.3 cm³/mol. The van der Waals surface area contributed by atoms with E-state index in [2.05, 4.69) is 0 Å². The summed E-state index contributed by atoms with van der Waals surface area (Å²) in [6.45, 7) is 3.93. The zero-order chi connectivity index (χ0) is 15.4. The molecule has 21 heavy (non-hydrogen) atoms. The second-order valence-electron chi connectivity index (χ2n) is 5.92. The van der Waals surface area contributed by atoms with E-state index in [4.69, 9.17) is 4.74 Å². The molecule has 1 aliphatic heterocycles. The number of carboxylic acid groups (broad SMARTS) is 1. The Kier molecular flexibility index (Phi) is 2.76. The molecule has 3 rings (SSSR count). The Labute approximate surface area is 121 Å². The van der Waals surface area contributed by atoms with E-state index in [0.29, 0.717) is 22.3 Å². The highest BCUT2D eigenvalue weighted by Gasteiger charge is 2.39. The fraction of sp³-hybridized carbons (Fsp3) is 0.312. The Balaban J connectivity index is 2.36. The van der Waals surface area contributed by atoms with Gasteiger partial charge in [0.25, 0.3) is 0 Å². The van der Waals surface area contributed by atoms with Crippen LogP contribution in [0.15, 0.2) is 18.2 Å². The number of carbonyl (C=O) groups excluding carboxylic acids is 2. The Morgan fingerprint density at radius 3 is 2.57 bits per heavy atom. The van der Waals surface area contributed by atoms with Crippen molar-refractivity contribution in [1.29, 1.82) is 0 Å². The number of cyclic esters (lactones) is 1. The minimum atomic E-state index is -1.07. The van der Waals surface area contributed by atoms with Crippen LogP contribution in [0.2, 0.25) is 0 Å². The van der Waals surface area contributed by atoms with E-state index in [1.165, 1.54) is 12.1 Å². The molecule has 1 aromatic rings. The Hall–Kier alpha value is -2.43. The van der Waals surface area contributed by atoms with E-state index in [1.807, 2.05) is 13.8 Å². The molecular formula is C16H14O5. The topological polar surface area (TPSA) is 80.7 Å². The summed E-state index contributed by atoms with van der Waals surface area (Å²) in [6, 6.07) is 3.07. The van der Waals surface area contributed by atoms with Crippen molar-refractivity contribution in [3.63, 3.8) is 0 Å². The maximum atomic E-state index is 12.3. The number of hydrogen-bond acceptors (Lipinski definition) is 4. The largest absolute Gasteiger partial charge is 0.478 e. The molecule has 108 valence electrons. The Morgan fingerprint density at radius 1 is 1.24 bits per heavy atom. The lowest BCUT2D eigenvalue weighted by Crippen LogP contribution is -2.36. The average molecular weight is 286 g/mol. The van der Waals surface area contributed by atoms with E-state index in [-0.39, 0.29) is 24.4 Å². The van der Waals surface area contributed by atoms with Gasteiger partial charge in [0, 0.05) is 17.4 Å². The molecule has 0 bridgehead atoms. The fourth-order valence-corrected chi connectivity index (χ4v) is 2.99. The molecule has 0 fully saturated rings. The number of ketones is 1. The van der Waals surface area contributed by atoms with Crippen LogP contribution in [0.4, 0.5) is 0 Å². The van der Waals surface area contributed by atoms with E-state index in [0.717, 1.165) is 0 Å². The lowest BCUT2D eigenvalue weighted by Gasteiger charge is -2.34. The molecule has 1 N–H and O–H groups in total. The molecule has 0 saturated heterocycles. The minimum absolute atomic E-state index is 0.0379. The lowest BCUT2D eigenvalue weighted by molar-refractivity contribution is -0.130. The molecule has 0 unspecified atom stereocenters. The number of fused-ring (bicyclic) bond motifs is 3. The minimum Gasteiger partial charge on any atom is -0.478 e. The third-order valence-electron chi connectivity index (χ3n) is 3.96. The van der Waals surface area contributed by atoms with Gasteiger partial charge in [0.2, 0.25) is 0 Å². The number of hydrogen-bond donors (Lipinski definition) is 1. The SMILES string of the molecule is CC1(C)COC(=O)c2ccc3c(c21)C(=O)CC=C3C(=O)O. The van der Waals surface area contributed by atoms with Crippen LogP contribution in [0.5, 0.6) is 0 Å². The van der Waals surface area contributed by atoms with E-state index in [9.17, 15) is 19.5 Å². The van der Waals surface area contributed by atoms with Crippen molar-refractivity contribution in [2.75, 3.05) is 6.61 Å². The van der Waals surface area contributed by atoms with Gasteiger partial charge in [-0.25, -0.2) is 9.59 Å². The first kappa shape index (κ1) is 13.5. The van der Waals surface area contributed by atoms with Crippen LogP contribution in [0.25, 0.3) is 5.57 Å². The van der Waals surface area contributed by atoms with Gasteiger partial charge in [0.15, 0.2) is 5.78 Å². The first-order valence-corrected chi connectivity index (χ1v) is 6.64. The van der Waals surface area contributed by atoms with Gasteiger partial charge in [-0.2, -0.15) is 0 Å². The molecule has 0 radical (unpaired) electrons. The monoisotopic (exact) mass is 286 g/mol. The number of benzene rings is 1. The highest BCUT2D eigenvalue weighted by Crippen LogP contribution is 2.40. The van der Waals surface area contributed by atoms with Crippen molar-refractivity contribution in [3.8, 4) is 0 Å². The van der Waals surface area contributed by atoms with Crippen LogP contribution in [-0.4, -0.2) is 29.4 Å². The molecule has 1 aliphatic carbocycles. The van der Waals surface area contributed by atoms with Gasteiger partial charge in [0.1, 0.15) is 6.61 Å². The van der Waals surface area contributed by atoms with E-state index in [1.54, 1.807) is 6.07 Å². The zero-order valence-electron chi connectivity index (χ0n) is 11.7. The number of ether oxygens (including phenoxy) is 1. The molecule has 2 aliphatic rings. The second-order valence-corrected chi connectivity index (χ2v) is 5.92. The van der Waals surface area contributed by atoms with Gasteiger partial charge in [-0.3, -0.25) is 4.79 Å². The normalized spacial score (nSPS) is 19.2. The fourth-order valence-electron chi connectivity index (χ4n) is 2.99. The third-order valence-corrected chi connectivity index (χ3v) is 3.96. The number of Topliss-reactive ketones (excluding diaryl/α,β-unsaturated/α-hetero) is 1. The molecule has 0 spiro atoms. The Morgan fingerprint density at radius 2 is 1.90 bits per heavy atom. The second kappa shape index (κ2) is 4.28. The molecule has 0 atom stereocenters. The number of carboxylic acids is 1. The van der Waals surface area contributed by atoms with Crippen LogP contribution in [0, 0.1) is 0 Å². The van der Waals surface area contributed by atoms with Gasteiger partial charge in [-0.15, -0.1) is 0 Å². The van der Waals surface area contributed by atoms with Crippen LogP contribution in [-0.2, 0) is 14.9 Å². The summed E-state index contributed by atoms with van der Waals surface area (Å²) in [4.78, 5) is 35.6. The van der Waals surface area contributed by atoms with Crippen molar-refractivity contribution in [2.24, 2.45) is 0 Å². The van der Waals surface area contributed by atoms with E-state index < -0.39 is 17.4 Å². The zero-order valence-corrected chi connectivity index (χ0v) is 11.7. The van der Waals surface area contributed by atoms with Crippen LogP contribution in [0.1, 0.15) is 52.1 Å². The van der Waals surface area contributed by atoms with Gasteiger partial charge in [-0.05, 0) is 17.2 Å². The van der Waals surface area contributed by atoms with Gasteiger partial charge < -0.3 is 9.84 Å². The predicted octanol–water partition coefficient (Wildman–Crippen LogP) is 2.19. The lowest BCUT2D eigenvalue weighted by atomic mass is 9.73.